The van der Waals surface area contributed by atoms with Gasteiger partial charge in [-0.15, -0.1) is 24.8 Å². The highest BCUT2D eigenvalue weighted by atomic mass is 35.5. The average Bonchev–Trinajstić information content (AvgIpc) is 3.08. The summed E-state index contributed by atoms with van der Waals surface area (Å²) < 4.78 is 4.20. The van der Waals surface area contributed by atoms with Crippen LogP contribution in [0.1, 0.15) is 41.7 Å². The van der Waals surface area contributed by atoms with Crippen molar-refractivity contribution in [2.24, 2.45) is 0 Å². The van der Waals surface area contributed by atoms with Crippen molar-refractivity contribution in [1.82, 2.24) is 29.8 Å². The lowest BCUT2D eigenvalue weighted by molar-refractivity contribution is 0.233. The van der Waals surface area contributed by atoms with Gasteiger partial charge in [-0.3, -0.25) is 14.3 Å². The number of aliphatic hydroxyl groups excluding tert-OH is 1. The van der Waals surface area contributed by atoms with E-state index in [4.69, 9.17) is 5.10 Å². The monoisotopic (exact) mass is 402 g/mol. The summed E-state index contributed by atoms with van der Waals surface area (Å²) in [5.74, 6) is 0. The van der Waals surface area contributed by atoms with Crippen LogP contribution in [0, 0.1) is 0 Å². The second kappa shape index (κ2) is 9.19. The van der Waals surface area contributed by atoms with Crippen molar-refractivity contribution >= 4 is 24.8 Å². The number of halogens is 2. The van der Waals surface area contributed by atoms with E-state index in [1.54, 1.807) is 0 Å². The molecule has 0 fully saturated rings. The topological polar surface area (TPSA) is 71.1 Å². The summed E-state index contributed by atoms with van der Waals surface area (Å²) in [5.41, 5.74) is 5.78. The van der Waals surface area contributed by atoms with Crippen LogP contribution in [0.2, 0.25) is 0 Å². The van der Waals surface area contributed by atoms with E-state index in [9.17, 15) is 5.11 Å². The van der Waals surface area contributed by atoms with E-state index in [1.165, 1.54) is 17.0 Å². The number of aliphatic hydroxyl groups is 1. The fourth-order valence-electron chi connectivity index (χ4n) is 3.87. The van der Waals surface area contributed by atoms with Crippen LogP contribution in [0.3, 0.4) is 0 Å². The number of rotatable bonds is 4. The van der Waals surface area contributed by atoms with Crippen LogP contribution in [-0.2, 0) is 45.8 Å². The minimum absolute atomic E-state index is 0. The highest BCUT2D eigenvalue weighted by molar-refractivity contribution is 5.85. The molecule has 2 aromatic rings. The van der Waals surface area contributed by atoms with Crippen LogP contribution in [-0.4, -0.2) is 42.7 Å². The normalized spacial score (nSPS) is 16.8. The van der Waals surface area contributed by atoms with Gasteiger partial charge in [0.25, 0.3) is 0 Å². The molecule has 0 bridgehead atoms. The van der Waals surface area contributed by atoms with Crippen molar-refractivity contribution in [2.45, 2.75) is 59.1 Å². The number of aryl methyl sites for hydroxylation is 2. The SMILES string of the molecule is CCn1nc(CO)c2c1CCN(Cc1cc3n(n1)CCCNC3)C2.Cl.Cl. The summed E-state index contributed by atoms with van der Waals surface area (Å²) in [7, 11) is 0. The van der Waals surface area contributed by atoms with Crippen LogP contribution in [0.25, 0.3) is 0 Å². The van der Waals surface area contributed by atoms with Crippen molar-refractivity contribution in [3.05, 3.63) is 34.4 Å². The fraction of sp³-hybridized carbons (Fsp3) is 0.647. The first-order chi connectivity index (χ1) is 11.8. The standard InChI is InChI=1S/C17H26N6O.2ClH/c1-2-22-17-4-7-21(11-15(17)16(12-24)20-22)10-13-8-14-9-18-5-3-6-23(14)19-13;;/h8,18,24H,2-7,9-12H2,1H3;2*1H. The molecule has 0 atom stereocenters. The summed E-state index contributed by atoms with van der Waals surface area (Å²) in [5, 5.41) is 22.4. The summed E-state index contributed by atoms with van der Waals surface area (Å²) in [6.45, 7) is 8.71. The maximum absolute atomic E-state index is 9.60. The molecule has 0 spiro atoms. The van der Waals surface area contributed by atoms with Crippen molar-refractivity contribution in [3.8, 4) is 0 Å². The second-order valence-electron chi connectivity index (χ2n) is 6.69. The summed E-state index contributed by atoms with van der Waals surface area (Å²) >= 11 is 0. The molecule has 26 heavy (non-hydrogen) atoms. The van der Waals surface area contributed by atoms with E-state index < -0.39 is 0 Å². The Morgan fingerprint density at radius 2 is 2.08 bits per heavy atom. The Morgan fingerprint density at radius 1 is 1.23 bits per heavy atom. The number of hydrogen-bond acceptors (Lipinski definition) is 5. The molecule has 0 unspecified atom stereocenters. The van der Waals surface area contributed by atoms with Crippen molar-refractivity contribution in [2.75, 3.05) is 13.1 Å². The molecular weight excluding hydrogens is 375 g/mol. The minimum atomic E-state index is 0. The number of aromatic nitrogens is 4. The van der Waals surface area contributed by atoms with Gasteiger partial charge in [0.15, 0.2) is 0 Å². The third-order valence-electron chi connectivity index (χ3n) is 5.07. The molecule has 0 amide bonds. The van der Waals surface area contributed by atoms with E-state index in [-0.39, 0.29) is 31.4 Å². The van der Waals surface area contributed by atoms with E-state index in [0.717, 1.165) is 70.0 Å². The van der Waals surface area contributed by atoms with E-state index in [2.05, 4.69) is 33.0 Å². The van der Waals surface area contributed by atoms with Crippen LogP contribution < -0.4 is 5.32 Å². The highest BCUT2D eigenvalue weighted by Gasteiger charge is 2.25. The van der Waals surface area contributed by atoms with Crippen LogP contribution in [0.15, 0.2) is 6.07 Å². The van der Waals surface area contributed by atoms with Crippen LogP contribution in [0.5, 0.6) is 0 Å². The molecule has 0 radical (unpaired) electrons. The third-order valence-corrected chi connectivity index (χ3v) is 5.07. The number of hydrogen-bond donors (Lipinski definition) is 2. The van der Waals surface area contributed by atoms with Gasteiger partial charge in [-0.1, -0.05) is 0 Å². The highest BCUT2D eigenvalue weighted by Crippen LogP contribution is 2.24. The lowest BCUT2D eigenvalue weighted by Gasteiger charge is -2.27. The first-order valence-electron chi connectivity index (χ1n) is 8.95. The van der Waals surface area contributed by atoms with Gasteiger partial charge in [0, 0.05) is 56.9 Å². The molecule has 2 aromatic heterocycles. The quantitative estimate of drug-likeness (QED) is 0.810. The predicted octanol–water partition coefficient (Wildman–Crippen LogP) is 1.49. The smallest absolute Gasteiger partial charge is 0.0926 e. The molecule has 9 heteroatoms. The number of nitrogens with zero attached hydrogens (tertiary/aromatic N) is 5. The summed E-state index contributed by atoms with van der Waals surface area (Å²) in [6.07, 6.45) is 2.13. The zero-order valence-electron chi connectivity index (χ0n) is 15.1. The van der Waals surface area contributed by atoms with Gasteiger partial charge in [-0.2, -0.15) is 10.2 Å². The second-order valence-corrected chi connectivity index (χ2v) is 6.69. The molecule has 2 aliphatic heterocycles. The van der Waals surface area contributed by atoms with Crippen molar-refractivity contribution < 1.29 is 5.11 Å². The largest absolute Gasteiger partial charge is 0.390 e. The number of nitrogens with one attached hydrogen (secondary N) is 1. The summed E-state index contributed by atoms with van der Waals surface area (Å²) in [6, 6.07) is 2.23. The van der Waals surface area contributed by atoms with E-state index in [1.807, 2.05) is 4.68 Å². The first-order valence-corrected chi connectivity index (χ1v) is 8.95. The number of fused-ring (bicyclic) bond motifs is 2. The maximum Gasteiger partial charge on any atom is 0.0926 e. The molecule has 146 valence electrons. The predicted molar refractivity (Wildman–Crippen MR) is 105 cm³/mol. The lowest BCUT2D eigenvalue weighted by atomic mass is 10.0. The van der Waals surface area contributed by atoms with Gasteiger partial charge in [-0.05, 0) is 26.0 Å². The Hall–Kier alpha value is -1.12. The Balaban J connectivity index is 0.00000121. The maximum atomic E-state index is 9.60. The Bertz CT molecular complexity index is 706. The summed E-state index contributed by atoms with van der Waals surface area (Å²) in [4.78, 5) is 2.42. The average molecular weight is 403 g/mol. The zero-order valence-corrected chi connectivity index (χ0v) is 16.8. The molecule has 0 saturated carbocycles. The zero-order chi connectivity index (χ0) is 16.5. The van der Waals surface area contributed by atoms with E-state index in [0.29, 0.717) is 0 Å². The molecular formula is C17H28Cl2N6O. The molecule has 7 nitrogen and oxygen atoms in total. The van der Waals surface area contributed by atoms with Crippen LogP contribution >= 0.6 is 24.8 Å². The molecule has 0 saturated heterocycles. The molecule has 2 N–H and O–H groups in total. The van der Waals surface area contributed by atoms with Crippen LogP contribution in [0.4, 0.5) is 0 Å². The Morgan fingerprint density at radius 3 is 2.85 bits per heavy atom. The molecule has 4 heterocycles. The fourth-order valence-corrected chi connectivity index (χ4v) is 3.87. The molecule has 2 aliphatic rings. The van der Waals surface area contributed by atoms with Gasteiger partial charge in [-0.25, -0.2) is 0 Å². The Labute approximate surface area is 166 Å². The first kappa shape index (κ1) is 21.2. The minimum Gasteiger partial charge on any atom is -0.390 e. The lowest BCUT2D eigenvalue weighted by Crippen LogP contribution is -2.31. The van der Waals surface area contributed by atoms with E-state index >= 15 is 0 Å². The molecule has 0 aromatic carbocycles. The van der Waals surface area contributed by atoms with Gasteiger partial charge in [0.1, 0.15) is 0 Å². The Kier molecular flexibility index (Phi) is 7.49. The van der Waals surface area contributed by atoms with Crippen molar-refractivity contribution in [3.63, 3.8) is 0 Å². The molecule has 4 rings (SSSR count). The van der Waals surface area contributed by atoms with Gasteiger partial charge < -0.3 is 10.4 Å². The van der Waals surface area contributed by atoms with Crippen molar-refractivity contribution in [1.29, 1.82) is 0 Å². The third kappa shape index (κ3) is 4.07. The van der Waals surface area contributed by atoms with Gasteiger partial charge in [0.2, 0.25) is 0 Å². The molecule has 0 aliphatic carbocycles. The van der Waals surface area contributed by atoms with Gasteiger partial charge in [0.05, 0.1) is 23.7 Å². The van der Waals surface area contributed by atoms with Gasteiger partial charge >= 0.3 is 0 Å².